The van der Waals surface area contributed by atoms with Gasteiger partial charge < -0.3 is 27.9 Å². The van der Waals surface area contributed by atoms with Crippen molar-refractivity contribution in [1.29, 1.82) is 0 Å². The first-order chi connectivity index (χ1) is 32.9. The summed E-state index contributed by atoms with van der Waals surface area (Å²) in [4.78, 5) is 72.4. The molecule has 414 valence electrons. The number of furan rings is 2. The van der Waals surface area contributed by atoms with Crippen LogP contribution in [-0.4, -0.2) is 67.7 Å². The van der Waals surface area contributed by atoms with Gasteiger partial charge in [0.15, 0.2) is 39.7 Å². The molecule has 3 aromatic carbocycles. The minimum atomic E-state index is -1.99. The molecule has 0 fully saturated rings. The van der Waals surface area contributed by atoms with Gasteiger partial charge in [0.05, 0.1) is 11.1 Å². The molecule has 2 heterocycles. The van der Waals surface area contributed by atoms with Gasteiger partial charge in [-0.1, -0.05) is 135 Å². The van der Waals surface area contributed by atoms with Crippen LogP contribution in [0.4, 0.5) is 0 Å². The second-order valence-corrected chi connectivity index (χ2v) is 30.2. The Kier molecular flexibility index (Phi) is 26.3. The number of aliphatic hydroxyl groups excluding tert-OH is 2. The molecule has 19 heteroatoms. The van der Waals surface area contributed by atoms with E-state index >= 15 is 0 Å². The Labute approximate surface area is 476 Å². The summed E-state index contributed by atoms with van der Waals surface area (Å²) < 4.78 is 31.0. The molecule has 2 aromatic heterocycles. The molecule has 0 bridgehead atoms. The van der Waals surface area contributed by atoms with E-state index in [2.05, 4.69) is 106 Å². The van der Waals surface area contributed by atoms with Gasteiger partial charge in [-0.3, -0.25) is 28.8 Å². The number of ketones is 6. The van der Waals surface area contributed by atoms with E-state index in [1.165, 1.54) is 19.1 Å². The second kappa shape index (κ2) is 28.1. The minimum absolute atomic E-state index is 0. The van der Waals surface area contributed by atoms with Gasteiger partial charge in [-0.25, -0.2) is 0 Å². The molecule has 3 unspecified atom stereocenters. The molecule has 3 aliphatic rings. The van der Waals surface area contributed by atoms with E-state index in [0.717, 1.165) is 0 Å². The Morgan fingerprint density at radius 1 is 0.573 bits per heavy atom. The van der Waals surface area contributed by atoms with Gasteiger partial charge in [0, 0.05) is 50.4 Å². The third-order valence-electron chi connectivity index (χ3n) is 12.9. The number of benzene rings is 3. The van der Waals surface area contributed by atoms with Crippen molar-refractivity contribution in [1.82, 2.24) is 0 Å². The summed E-state index contributed by atoms with van der Waals surface area (Å²) in [7, 11) is -3.62. The standard InChI is InChI=1S/C20H24O4Si.C14H10O4.C10H5BrO3.C10H20OSi.2CH4.ClH.2Cu.O/c1-12(24-25(5,6)20(2,3)4)16-11-15-17(21)13-9-7-8-10-14(13)18(22)19(15)23-16;1-7(15)11-6-10-12(16)8-4-2-3-5-9(8)13(17)14(10)18-11;11-7-8(12)5-3-1-2-4-6(5)9(13)10(7)14;1-8-9(2)11-12(6,7)10(3,4)5;;;;;;/h7-12H,1-6H3;2-7,15H,1H3;1-4,12H;1,9H,2-7H3;2*1H4;1H;;;. The van der Waals surface area contributed by atoms with Crippen LogP contribution in [0, 0.1) is 12.3 Å². The van der Waals surface area contributed by atoms with Crippen molar-refractivity contribution in [3.05, 3.63) is 157 Å². The van der Waals surface area contributed by atoms with Crippen molar-refractivity contribution < 1.29 is 93.5 Å². The average molecular weight is 1250 g/mol. The fourth-order valence-corrected chi connectivity index (χ4v) is 9.91. The van der Waals surface area contributed by atoms with Crippen LogP contribution < -0.4 is 0 Å². The fourth-order valence-electron chi connectivity index (χ4n) is 6.86. The third-order valence-corrected chi connectivity index (χ3v) is 22.7. The van der Waals surface area contributed by atoms with Gasteiger partial charge in [-0.15, -0.1) is 18.8 Å². The molecule has 0 aliphatic heterocycles. The van der Waals surface area contributed by atoms with Gasteiger partial charge in [0.25, 0.3) is 0 Å². The third kappa shape index (κ3) is 15.5. The van der Waals surface area contributed by atoms with Gasteiger partial charge in [-0.2, -0.15) is 0 Å². The van der Waals surface area contributed by atoms with E-state index < -0.39 is 34.3 Å². The normalized spacial score (nSPS) is 14.4. The first-order valence-electron chi connectivity index (χ1n) is 22.5. The van der Waals surface area contributed by atoms with Crippen molar-refractivity contribution in [2.24, 2.45) is 0 Å². The topological polar surface area (TPSA) is 205 Å². The number of hydrogen-bond acceptors (Lipinski definition) is 13. The van der Waals surface area contributed by atoms with Gasteiger partial charge in [0.1, 0.15) is 40.1 Å². The summed E-state index contributed by atoms with van der Waals surface area (Å²) in [5.74, 6) is 1.09. The molecule has 0 amide bonds. The van der Waals surface area contributed by atoms with Crippen molar-refractivity contribution in [2.45, 2.75) is 132 Å². The molecule has 0 saturated heterocycles. The number of halogens is 2. The van der Waals surface area contributed by atoms with E-state index in [9.17, 15) is 39.0 Å². The molecule has 3 aliphatic carbocycles. The second-order valence-electron chi connectivity index (χ2n) is 19.9. The Balaban J connectivity index is 0.000000981. The molecule has 75 heavy (non-hydrogen) atoms. The van der Waals surface area contributed by atoms with Crippen LogP contribution in [0.1, 0.15) is 181 Å². The first kappa shape index (κ1) is 70.3. The zero-order valence-electron chi connectivity index (χ0n) is 42.7. The predicted octanol–water partition coefficient (Wildman–Crippen LogP) is 13.9. The summed E-state index contributed by atoms with van der Waals surface area (Å²) in [6.45, 7) is 27.3. The molecule has 3 atom stereocenters. The molecule has 2 N–H and O–H groups in total. The van der Waals surface area contributed by atoms with Crippen molar-refractivity contribution in [3.63, 3.8) is 0 Å². The van der Waals surface area contributed by atoms with E-state index in [0.29, 0.717) is 39.1 Å². The zero-order valence-corrected chi connectivity index (χ0v) is 49.0. The van der Waals surface area contributed by atoms with Crippen LogP contribution in [0.25, 0.3) is 5.76 Å². The zero-order chi connectivity index (χ0) is 53.7. The molecule has 0 spiro atoms. The number of Topliss-reactive ketones (excluding diaryl/α,β-unsaturated/α-hetero) is 2. The Morgan fingerprint density at radius 2 is 0.893 bits per heavy atom. The number of carbonyl (C=O) groups excluding carboxylic acids is 6. The SMILES string of the molecule is C.C.C#CC(C)O[Si](C)(C)C(C)(C)C.CC(O)c1cc2c(o1)C(=O)c1ccccc1C2=O.CC(O[Si](C)(C)C(C)(C)C)c1cc2c(o1)C(=O)c1ccccc1C2=O.Cl.O=C1C(=O)c2ccccc2C(O)=C1Br.[Cu].[O]=[Cu]. The van der Waals surface area contributed by atoms with Crippen LogP contribution in [0.2, 0.25) is 36.3 Å². The Morgan fingerprint density at radius 3 is 1.25 bits per heavy atom. The Hall–Kier alpha value is -4.74. The van der Waals surface area contributed by atoms with E-state index in [-0.39, 0.29) is 128 Å². The van der Waals surface area contributed by atoms with Crippen LogP contribution in [0.15, 0.2) is 98.2 Å². The number of hydrogen-bond donors (Lipinski definition) is 2. The summed E-state index contributed by atoms with van der Waals surface area (Å²) >= 11 is 5.83. The van der Waals surface area contributed by atoms with Gasteiger partial charge >= 0.3 is 19.8 Å². The average Bonchev–Trinajstić information content (AvgIpc) is 3.99. The first-order valence-corrected chi connectivity index (χ1v) is 29.5. The number of fused-ring (bicyclic) bond motifs is 5. The maximum absolute atomic E-state index is 12.7. The number of carbonyl (C=O) groups is 6. The van der Waals surface area contributed by atoms with E-state index in [1.807, 2.05) is 13.8 Å². The van der Waals surface area contributed by atoms with E-state index in [1.54, 1.807) is 72.8 Å². The quantitative estimate of drug-likeness (QED) is 0.0904. The molecule has 8 rings (SSSR count). The number of terminal acetylenes is 1. The predicted molar refractivity (Wildman–Crippen MR) is 294 cm³/mol. The summed E-state index contributed by atoms with van der Waals surface area (Å²) in [6.07, 6.45) is 4.06. The summed E-state index contributed by atoms with van der Waals surface area (Å²) in [5, 5.41) is 19.3. The Bertz CT molecular complexity index is 2860. The van der Waals surface area contributed by atoms with E-state index in [4.69, 9.17) is 27.9 Å². The summed E-state index contributed by atoms with van der Waals surface area (Å²) in [5.41, 5.74) is 2.78. The van der Waals surface area contributed by atoms with Gasteiger partial charge in [0.2, 0.25) is 23.1 Å². The van der Waals surface area contributed by atoms with Crippen molar-refractivity contribution in [2.75, 3.05) is 0 Å². The monoisotopic (exact) mass is 1240 g/mol. The van der Waals surface area contributed by atoms with Crippen LogP contribution in [0.5, 0.6) is 0 Å². The summed E-state index contributed by atoms with van der Waals surface area (Å²) in [6, 6.07) is 23.1. The van der Waals surface area contributed by atoms with Crippen LogP contribution >= 0.6 is 28.3 Å². The molecular formula is C56H68BrClCu2O13Si2. The van der Waals surface area contributed by atoms with Crippen molar-refractivity contribution in [3.8, 4) is 12.3 Å². The molecular weight excluding hydrogens is 1180 g/mol. The maximum atomic E-state index is 12.7. The fraction of sp³-hybridized carbons (Fsp3) is 0.357. The van der Waals surface area contributed by atoms with Crippen molar-refractivity contribution >= 4 is 85.4 Å². The molecule has 1 radical (unpaired) electrons. The van der Waals surface area contributed by atoms with Gasteiger partial charge in [-0.05, 0) is 85.1 Å². The molecule has 5 aromatic rings. The molecule has 0 saturated carbocycles. The molecule has 13 nitrogen and oxygen atoms in total. The number of aliphatic hydroxyl groups is 2. The number of rotatable bonds is 6. The van der Waals surface area contributed by atoms with Crippen LogP contribution in [-0.2, 0) is 50.5 Å². The van der Waals surface area contributed by atoms with Crippen LogP contribution in [0.3, 0.4) is 0 Å². The number of allylic oxidation sites excluding steroid dienone is 1.